The lowest BCUT2D eigenvalue weighted by atomic mass is 10.0. The summed E-state index contributed by atoms with van der Waals surface area (Å²) in [6.07, 6.45) is 0.158. The molecule has 2 aromatic carbocycles. The summed E-state index contributed by atoms with van der Waals surface area (Å²) in [6, 6.07) is 14.2. The molecule has 1 atom stereocenters. The van der Waals surface area contributed by atoms with Crippen LogP contribution in [0.4, 0.5) is 0 Å². The van der Waals surface area contributed by atoms with Crippen LogP contribution in [0.25, 0.3) is 10.1 Å². The Balaban J connectivity index is 1.91. The fourth-order valence-corrected chi connectivity index (χ4v) is 4.19. The molecule has 1 nitrogen and oxygen atoms in total. The first-order valence-corrected chi connectivity index (χ1v) is 8.70. The molecule has 0 radical (unpaired) electrons. The van der Waals surface area contributed by atoms with Crippen LogP contribution in [0.15, 0.2) is 56.8 Å². The number of aliphatic hydroxyl groups excluding tert-OH is 1. The second kappa shape index (κ2) is 5.98. The molecule has 0 saturated heterocycles. The van der Waals surface area contributed by atoms with Gasteiger partial charge in [0.1, 0.15) is 0 Å². The van der Waals surface area contributed by atoms with Crippen molar-refractivity contribution >= 4 is 53.3 Å². The zero-order valence-corrected chi connectivity index (χ0v) is 14.5. The fraction of sp³-hybridized carbons (Fsp3) is 0.125. The monoisotopic (exact) mass is 410 g/mol. The summed E-state index contributed by atoms with van der Waals surface area (Å²) in [7, 11) is 0. The van der Waals surface area contributed by atoms with E-state index in [0.717, 1.165) is 25.5 Å². The Morgan fingerprint density at radius 2 is 1.80 bits per heavy atom. The minimum atomic E-state index is -0.473. The van der Waals surface area contributed by atoms with Crippen molar-refractivity contribution in [2.45, 2.75) is 12.5 Å². The Hall–Kier alpha value is -0.680. The van der Waals surface area contributed by atoms with Crippen molar-refractivity contribution in [2.24, 2.45) is 0 Å². The first kappa shape index (κ1) is 14.3. The van der Waals surface area contributed by atoms with Gasteiger partial charge in [0, 0.05) is 20.1 Å². The second-order valence-electron chi connectivity index (χ2n) is 4.65. The number of halogens is 2. The van der Waals surface area contributed by atoms with Crippen molar-refractivity contribution in [1.29, 1.82) is 0 Å². The average Bonchev–Trinajstić information content (AvgIpc) is 2.87. The maximum atomic E-state index is 10.5. The van der Waals surface area contributed by atoms with Gasteiger partial charge >= 0.3 is 0 Å². The molecule has 0 bridgehead atoms. The molecule has 3 rings (SSSR count). The number of aliphatic hydroxyl groups is 1. The van der Waals surface area contributed by atoms with Gasteiger partial charge in [0.25, 0.3) is 0 Å². The molecule has 0 amide bonds. The Morgan fingerprint density at radius 1 is 1.05 bits per heavy atom. The van der Waals surface area contributed by atoms with Crippen molar-refractivity contribution in [3.05, 3.63) is 67.9 Å². The third-order valence-corrected chi connectivity index (χ3v) is 5.78. The minimum absolute atomic E-state index is 0.473. The van der Waals surface area contributed by atoms with Crippen LogP contribution in [0.3, 0.4) is 0 Å². The van der Waals surface area contributed by atoms with E-state index in [2.05, 4.69) is 43.3 Å². The van der Waals surface area contributed by atoms with Crippen LogP contribution in [-0.4, -0.2) is 5.11 Å². The molecule has 0 saturated carbocycles. The van der Waals surface area contributed by atoms with E-state index in [1.54, 1.807) is 11.3 Å². The van der Waals surface area contributed by atoms with Crippen LogP contribution in [0.2, 0.25) is 0 Å². The molecular weight excluding hydrogens is 400 g/mol. The molecule has 0 fully saturated rings. The number of benzene rings is 2. The summed E-state index contributed by atoms with van der Waals surface area (Å²) < 4.78 is 3.33. The number of fused-ring (bicyclic) bond motifs is 1. The maximum Gasteiger partial charge on any atom is 0.0844 e. The molecule has 1 aromatic heterocycles. The first-order chi connectivity index (χ1) is 9.65. The first-order valence-electron chi connectivity index (χ1n) is 6.23. The van der Waals surface area contributed by atoms with Gasteiger partial charge in [-0.1, -0.05) is 40.2 Å². The average molecular weight is 412 g/mol. The highest BCUT2D eigenvalue weighted by Gasteiger charge is 2.14. The fourth-order valence-electron chi connectivity index (χ4n) is 2.25. The van der Waals surface area contributed by atoms with Crippen LogP contribution in [0.1, 0.15) is 17.2 Å². The van der Waals surface area contributed by atoms with Gasteiger partial charge in [-0.15, -0.1) is 11.3 Å². The maximum absolute atomic E-state index is 10.5. The van der Waals surface area contributed by atoms with Gasteiger partial charge in [0.05, 0.1) is 6.10 Å². The number of hydrogen-bond acceptors (Lipinski definition) is 2. The van der Waals surface area contributed by atoms with Crippen LogP contribution < -0.4 is 0 Å². The lowest BCUT2D eigenvalue weighted by molar-refractivity contribution is 0.180. The van der Waals surface area contributed by atoms with Gasteiger partial charge < -0.3 is 5.11 Å². The van der Waals surface area contributed by atoms with Crippen LogP contribution in [0, 0.1) is 0 Å². The largest absolute Gasteiger partial charge is 0.388 e. The van der Waals surface area contributed by atoms with E-state index in [0.29, 0.717) is 6.42 Å². The number of rotatable bonds is 3. The van der Waals surface area contributed by atoms with E-state index in [-0.39, 0.29) is 0 Å². The molecule has 102 valence electrons. The predicted octanol–water partition coefficient (Wildman–Crippen LogP) is 5.70. The van der Waals surface area contributed by atoms with E-state index in [4.69, 9.17) is 0 Å². The van der Waals surface area contributed by atoms with Gasteiger partial charge in [0.15, 0.2) is 0 Å². The molecule has 1 heterocycles. The van der Waals surface area contributed by atoms with E-state index in [1.807, 2.05) is 36.4 Å². The summed E-state index contributed by atoms with van der Waals surface area (Å²) in [5.74, 6) is 0. The topological polar surface area (TPSA) is 20.2 Å². The molecule has 4 heteroatoms. The molecule has 0 aliphatic carbocycles. The summed E-state index contributed by atoms with van der Waals surface area (Å²) in [5, 5.41) is 13.7. The standard InChI is InChI=1S/C16H12Br2OS/c17-11-6-4-10(5-7-11)8-15(19)13-9-20-16-12(13)2-1-3-14(16)18/h1-7,9,15,19H,8H2. The van der Waals surface area contributed by atoms with E-state index < -0.39 is 6.10 Å². The van der Waals surface area contributed by atoms with Gasteiger partial charge in [-0.25, -0.2) is 0 Å². The van der Waals surface area contributed by atoms with Gasteiger partial charge in [0.2, 0.25) is 0 Å². The van der Waals surface area contributed by atoms with E-state index in [1.165, 1.54) is 4.70 Å². The van der Waals surface area contributed by atoms with Gasteiger partial charge in [-0.05, 0) is 56.0 Å². The Morgan fingerprint density at radius 3 is 2.55 bits per heavy atom. The zero-order valence-electron chi connectivity index (χ0n) is 10.5. The minimum Gasteiger partial charge on any atom is -0.388 e. The highest BCUT2D eigenvalue weighted by molar-refractivity contribution is 9.11. The highest BCUT2D eigenvalue weighted by Crippen LogP contribution is 2.36. The van der Waals surface area contributed by atoms with Crippen molar-refractivity contribution in [3.8, 4) is 0 Å². The van der Waals surface area contributed by atoms with Crippen molar-refractivity contribution in [1.82, 2.24) is 0 Å². The number of hydrogen-bond donors (Lipinski definition) is 1. The SMILES string of the molecule is OC(Cc1ccc(Br)cc1)c1csc2c(Br)cccc12. The molecule has 3 aromatic rings. The lowest BCUT2D eigenvalue weighted by Crippen LogP contribution is -2.00. The predicted molar refractivity (Wildman–Crippen MR) is 92.3 cm³/mol. The van der Waals surface area contributed by atoms with E-state index >= 15 is 0 Å². The van der Waals surface area contributed by atoms with Gasteiger partial charge in [-0.2, -0.15) is 0 Å². The molecule has 0 aliphatic heterocycles. The van der Waals surface area contributed by atoms with E-state index in [9.17, 15) is 5.11 Å². The lowest BCUT2D eigenvalue weighted by Gasteiger charge is -2.10. The van der Waals surface area contributed by atoms with Crippen LogP contribution >= 0.6 is 43.2 Å². The highest BCUT2D eigenvalue weighted by atomic mass is 79.9. The molecular formula is C16H12Br2OS. The molecule has 1 N–H and O–H groups in total. The summed E-state index contributed by atoms with van der Waals surface area (Å²) in [5.41, 5.74) is 2.14. The third-order valence-electron chi connectivity index (χ3n) is 3.28. The normalized spacial score (nSPS) is 12.8. The smallest absolute Gasteiger partial charge is 0.0844 e. The van der Waals surface area contributed by atoms with Crippen molar-refractivity contribution < 1.29 is 5.11 Å². The van der Waals surface area contributed by atoms with Crippen molar-refractivity contribution in [2.75, 3.05) is 0 Å². The molecule has 0 aliphatic rings. The second-order valence-corrected chi connectivity index (χ2v) is 7.30. The summed E-state index contributed by atoms with van der Waals surface area (Å²) in [6.45, 7) is 0. The Kier molecular flexibility index (Phi) is 4.26. The third kappa shape index (κ3) is 2.84. The molecule has 20 heavy (non-hydrogen) atoms. The zero-order chi connectivity index (χ0) is 14.1. The van der Waals surface area contributed by atoms with Gasteiger partial charge in [-0.3, -0.25) is 0 Å². The summed E-state index contributed by atoms with van der Waals surface area (Å²) in [4.78, 5) is 0. The Bertz CT molecular complexity index is 734. The number of thiophene rings is 1. The van der Waals surface area contributed by atoms with Crippen LogP contribution in [0.5, 0.6) is 0 Å². The Labute approximate surface area is 138 Å². The molecule has 1 unspecified atom stereocenters. The molecule has 0 spiro atoms. The van der Waals surface area contributed by atoms with Crippen molar-refractivity contribution in [3.63, 3.8) is 0 Å². The summed E-state index contributed by atoms with van der Waals surface area (Å²) >= 11 is 8.65. The van der Waals surface area contributed by atoms with Crippen LogP contribution in [-0.2, 0) is 6.42 Å². The quantitative estimate of drug-likeness (QED) is 0.585.